The van der Waals surface area contributed by atoms with Gasteiger partial charge in [-0.1, -0.05) is 0 Å². The van der Waals surface area contributed by atoms with Gasteiger partial charge in [0.1, 0.15) is 0 Å². The molecule has 7 nitrogen and oxygen atoms in total. The molecule has 2 aliphatic rings. The molecule has 0 aliphatic carbocycles. The van der Waals surface area contributed by atoms with Crippen LogP contribution in [0.2, 0.25) is 0 Å². The van der Waals surface area contributed by atoms with Crippen LogP contribution in [0.1, 0.15) is 37.7 Å². The zero-order valence-electron chi connectivity index (χ0n) is 16.0. The summed E-state index contributed by atoms with van der Waals surface area (Å²) in [6.45, 7) is 5.97. The van der Waals surface area contributed by atoms with Crippen molar-refractivity contribution in [1.82, 2.24) is 24.6 Å². The lowest BCUT2D eigenvalue weighted by Gasteiger charge is -2.31. The molecule has 4 rings (SSSR count). The smallest absolute Gasteiger partial charge is 0.222 e. The van der Waals surface area contributed by atoms with Crippen molar-refractivity contribution in [2.24, 2.45) is 5.92 Å². The Morgan fingerprint density at radius 3 is 2.70 bits per heavy atom. The number of aryl methyl sites for hydroxylation is 1. The van der Waals surface area contributed by atoms with E-state index >= 15 is 0 Å². The summed E-state index contributed by atoms with van der Waals surface area (Å²) in [6.07, 6.45) is 14.2. The van der Waals surface area contributed by atoms with E-state index in [9.17, 15) is 0 Å². The van der Waals surface area contributed by atoms with E-state index in [1.807, 2.05) is 29.3 Å². The Kier molecular flexibility index (Phi) is 6.32. The fraction of sp³-hybridized carbons (Fsp3) is 0.650. The zero-order valence-corrected chi connectivity index (χ0v) is 16.0. The van der Waals surface area contributed by atoms with Crippen molar-refractivity contribution < 1.29 is 4.74 Å². The third-order valence-corrected chi connectivity index (χ3v) is 5.66. The Bertz CT molecular complexity index is 660. The third kappa shape index (κ3) is 5.49. The number of nitrogens with zero attached hydrogens (tertiary/aromatic N) is 5. The van der Waals surface area contributed by atoms with Crippen molar-refractivity contribution in [3.8, 4) is 0 Å². The highest BCUT2D eigenvalue weighted by Crippen LogP contribution is 2.22. The number of likely N-dealkylation sites (tertiary alicyclic amines) is 1. The van der Waals surface area contributed by atoms with Crippen molar-refractivity contribution in [3.05, 3.63) is 36.4 Å². The van der Waals surface area contributed by atoms with Crippen LogP contribution in [0.25, 0.3) is 0 Å². The fourth-order valence-corrected chi connectivity index (χ4v) is 3.98. The van der Waals surface area contributed by atoms with Crippen LogP contribution < -0.4 is 5.32 Å². The van der Waals surface area contributed by atoms with Crippen LogP contribution in [0.3, 0.4) is 0 Å². The topological polar surface area (TPSA) is 68.1 Å². The van der Waals surface area contributed by atoms with Gasteiger partial charge in [-0.25, -0.2) is 9.97 Å². The van der Waals surface area contributed by atoms with Gasteiger partial charge >= 0.3 is 0 Å². The summed E-state index contributed by atoms with van der Waals surface area (Å²) in [5.74, 6) is 1.51. The van der Waals surface area contributed by atoms with E-state index in [1.165, 1.54) is 24.8 Å². The molecule has 4 heterocycles. The van der Waals surface area contributed by atoms with E-state index in [4.69, 9.17) is 4.74 Å². The second-order valence-corrected chi connectivity index (χ2v) is 7.71. The van der Waals surface area contributed by atoms with Crippen molar-refractivity contribution in [2.75, 3.05) is 31.6 Å². The maximum absolute atomic E-state index is 5.62. The van der Waals surface area contributed by atoms with E-state index in [1.54, 1.807) is 0 Å². The van der Waals surface area contributed by atoms with Gasteiger partial charge in [-0.3, -0.25) is 9.58 Å². The Hall–Kier alpha value is -1.99. The van der Waals surface area contributed by atoms with E-state index in [0.29, 0.717) is 12.1 Å². The maximum Gasteiger partial charge on any atom is 0.222 e. The molecule has 0 radical (unpaired) electrons. The second kappa shape index (κ2) is 9.28. The molecule has 146 valence electrons. The summed E-state index contributed by atoms with van der Waals surface area (Å²) in [4.78, 5) is 11.4. The van der Waals surface area contributed by atoms with Gasteiger partial charge in [-0.05, 0) is 57.2 Å². The van der Waals surface area contributed by atoms with Gasteiger partial charge in [0.2, 0.25) is 5.95 Å². The molecule has 2 aromatic heterocycles. The normalized spacial score (nSPS) is 21.6. The molecule has 2 saturated heterocycles. The number of hydrogen-bond acceptors (Lipinski definition) is 6. The molecule has 1 N–H and O–H groups in total. The minimum absolute atomic E-state index is 0.308. The zero-order chi connectivity index (χ0) is 18.3. The first-order valence-corrected chi connectivity index (χ1v) is 10.2. The lowest BCUT2D eigenvalue weighted by molar-refractivity contribution is 0.120. The first kappa shape index (κ1) is 18.4. The molecule has 0 aromatic carbocycles. The van der Waals surface area contributed by atoms with Crippen molar-refractivity contribution in [3.63, 3.8) is 0 Å². The lowest BCUT2D eigenvalue weighted by Crippen LogP contribution is -2.33. The Labute approximate surface area is 161 Å². The number of piperidine rings is 1. The van der Waals surface area contributed by atoms with Gasteiger partial charge in [-0.2, -0.15) is 5.10 Å². The number of rotatable bonds is 8. The van der Waals surface area contributed by atoms with E-state index in [-0.39, 0.29) is 0 Å². The first-order valence-electron chi connectivity index (χ1n) is 10.2. The SMILES string of the molecule is c1cnn(CCC2CCN(Cc3cnc(NC[C@@H]4CCCO4)nc3)CC2)c1. The fourth-order valence-electron chi connectivity index (χ4n) is 3.98. The monoisotopic (exact) mass is 370 g/mol. The van der Waals surface area contributed by atoms with Crippen LogP contribution in [0.15, 0.2) is 30.9 Å². The summed E-state index contributed by atoms with van der Waals surface area (Å²) >= 11 is 0. The Morgan fingerprint density at radius 1 is 1.15 bits per heavy atom. The molecule has 2 fully saturated rings. The molecule has 0 saturated carbocycles. The lowest BCUT2D eigenvalue weighted by atomic mass is 9.93. The molecule has 0 amide bonds. The van der Waals surface area contributed by atoms with Gasteiger partial charge in [0, 0.05) is 56.6 Å². The number of ether oxygens (including phenoxy) is 1. The van der Waals surface area contributed by atoms with Crippen LogP contribution in [-0.2, 0) is 17.8 Å². The standard InChI is InChI=1S/C20H30N6O/c1-3-19(27-12-1)15-23-20-21-13-18(14-22-20)16-25-9-4-17(5-10-25)6-11-26-8-2-7-24-26/h2,7-8,13-14,17,19H,1,3-6,9-12,15-16H2,(H,21,22,23)/t19-/m0/s1. The van der Waals surface area contributed by atoms with Crippen LogP contribution in [-0.4, -0.2) is 57.0 Å². The molecule has 1 atom stereocenters. The van der Waals surface area contributed by atoms with Crippen LogP contribution in [0.4, 0.5) is 5.95 Å². The quantitative estimate of drug-likeness (QED) is 0.770. The molecular formula is C20H30N6O. The highest BCUT2D eigenvalue weighted by molar-refractivity contribution is 5.25. The highest BCUT2D eigenvalue weighted by atomic mass is 16.5. The number of aromatic nitrogens is 4. The Morgan fingerprint density at radius 2 is 2.00 bits per heavy atom. The Balaban J connectivity index is 1.16. The van der Waals surface area contributed by atoms with E-state index in [0.717, 1.165) is 58.1 Å². The molecule has 0 unspecified atom stereocenters. The van der Waals surface area contributed by atoms with Crippen LogP contribution in [0, 0.1) is 5.92 Å². The molecule has 0 spiro atoms. The molecule has 0 bridgehead atoms. The highest BCUT2D eigenvalue weighted by Gasteiger charge is 2.19. The van der Waals surface area contributed by atoms with Crippen molar-refractivity contribution in [1.29, 1.82) is 0 Å². The first-order chi connectivity index (χ1) is 13.3. The maximum atomic E-state index is 5.62. The van der Waals surface area contributed by atoms with Crippen molar-refractivity contribution >= 4 is 5.95 Å². The van der Waals surface area contributed by atoms with Gasteiger partial charge in [0.05, 0.1) is 6.10 Å². The summed E-state index contributed by atoms with van der Waals surface area (Å²) < 4.78 is 7.66. The van der Waals surface area contributed by atoms with Crippen LogP contribution in [0.5, 0.6) is 0 Å². The van der Waals surface area contributed by atoms with Gasteiger partial charge in [-0.15, -0.1) is 0 Å². The molecular weight excluding hydrogens is 340 g/mol. The van der Waals surface area contributed by atoms with E-state index < -0.39 is 0 Å². The molecule has 27 heavy (non-hydrogen) atoms. The molecule has 2 aromatic rings. The molecule has 2 aliphatic heterocycles. The third-order valence-electron chi connectivity index (χ3n) is 5.66. The average Bonchev–Trinajstić information content (AvgIpc) is 3.41. The molecule has 7 heteroatoms. The van der Waals surface area contributed by atoms with Crippen LogP contribution >= 0.6 is 0 Å². The predicted octanol–water partition coefficient (Wildman–Crippen LogP) is 2.57. The summed E-state index contributed by atoms with van der Waals surface area (Å²) in [5.41, 5.74) is 1.19. The number of anilines is 1. The predicted molar refractivity (Wildman–Crippen MR) is 104 cm³/mol. The van der Waals surface area contributed by atoms with Gasteiger partial charge in [0.25, 0.3) is 0 Å². The largest absolute Gasteiger partial charge is 0.376 e. The average molecular weight is 371 g/mol. The second-order valence-electron chi connectivity index (χ2n) is 7.71. The summed E-state index contributed by atoms with van der Waals surface area (Å²) in [6, 6.07) is 1.99. The minimum Gasteiger partial charge on any atom is -0.376 e. The number of nitrogens with one attached hydrogen (secondary N) is 1. The van der Waals surface area contributed by atoms with Gasteiger partial charge in [0.15, 0.2) is 0 Å². The van der Waals surface area contributed by atoms with Crippen molar-refractivity contribution in [2.45, 2.75) is 51.3 Å². The number of hydrogen-bond donors (Lipinski definition) is 1. The van der Waals surface area contributed by atoms with E-state index in [2.05, 4.69) is 31.5 Å². The minimum atomic E-state index is 0.308. The van der Waals surface area contributed by atoms with Gasteiger partial charge < -0.3 is 10.1 Å². The summed E-state index contributed by atoms with van der Waals surface area (Å²) in [5, 5.41) is 7.58. The summed E-state index contributed by atoms with van der Waals surface area (Å²) in [7, 11) is 0.